The number of ether oxygens (including phenoxy) is 5. The van der Waals surface area contributed by atoms with E-state index in [0.29, 0.717) is 19.3 Å². The Balaban J connectivity index is 1.48. The van der Waals surface area contributed by atoms with Gasteiger partial charge in [-0.1, -0.05) is 6.42 Å². The molecule has 0 bridgehead atoms. The molecule has 6 atom stereocenters. The highest BCUT2D eigenvalue weighted by molar-refractivity contribution is 7.85. The molecule has 0 saturated carbocycles. The maximum atomic E-state index is 12.7. The maximum absolute atomic E-state index is 12.7. The summed E-state index contributed by atoms with van der Waals surface area (Å²) in [7, 11) is -4.67. The zero-order valence-electron chi connectivity index (χ0n) is 31.5. The van der Waals surface area contributed by atoms with Crippen LogP contribution >= 0.6 is 0 Å². The third kappa shape index (κ3) is 15.0. The number of aliphatic carboxylic acids is 1. The second-order valence-corrected chi connectivity index (χ2v) is 15.5. The molecule has 21 nitrogen and oxygen atoms in total. The zero-order chi connectivity index (χ0) is 42.5. The molecule has 1 aromatic carbocycles. The molecule has 1 fully saturated rings. The average molecular weight is 832 g/mol. The van der Waals surface area contributed by atoms with Crippen LogP contribution in [0.25, 0.3) is 0 Å². The van der Waals surface area contributed by atoms with Crippen molar-refractivity contribution < 1.29 is 85.8 Å². The first-order valence-electron chi connectivity index (χ1n) is 17.8. The van der Waals surface area contributed by atoms with Gasteiger partial charge in [-0.05, 0) is 45.7 Å². The van der Waals surface area contributed by atoms with Crippen LogP contribution in [-0.4, -0.2) is 149 Å². The van der Waals surface area contributed by atoms with Gasteiger partial charge in [0, 0.05) is 43.3 Å². The third-order valence-corrected chi connectivity index (χ3v) is 9.08. The highest BCUT2D eigenvalue weighted by Crippen LogP contribution is 2.31. The first-order valence-corrected chi connectivity index (χ1v) is 19.4. The standard InChI is InChI=1S/C35H49N3O18S/c1-35(2,3)34(48)54-18-20-8-9-21(17-23(20)55-33-29(44)27(42)28(43)30(56-33)32(46)47)53-16-15-52-14-12-36-31(45)22(19-57(49,50)51)37-24(39)7-5-4-6-13-38-25(40)10-11-26(38)41/h8-11,17,22,27-30,33,42-44H,4-7,12-16,18-19H2,1-3H3,(H,36,45)(H,37,39)(H,46,47)(H,49,50,51)/t22?,27-,28-,29+,30-,33+/m0/s1. The fraction of sp³-hybridized carbons (Fsp3) is 0.600. The maximum Gasteiger partial charge on any atom is 0.335 e. The zero-order valence-corrected chi connectivity index (χ0v) is 32.3. The van der Waals surface area contributed by atoms with E-state index in [9.17, 15) is 62.2 Å². The van der Waals surface area contributed by atoms with Gasteiger partial charge in [0.1, 0.15) is 54.8 Å². The number of amides is 4. The van der Waals surface area contributed by atoms with E-state index in [1.54, 1.807) is 20.8 Å². The van der Waals surface area contributed by atoms with Gasteiger partial charge in [0.2, 0.25) is 18.1 Å². The number of unbranched alkanes of at least 4 members (excludes halogenated alkanes) is 2. The van der Waals surface area contributed by atoms with E-state index in [4.69, 9.17) is 23.7 Å². The van der Waals surface area contributed by atoms with Gasteiger partial charge in [-0.2, -0.15) is 8.42 Å². The number of hydrogen-bond donors (Lipinski definition) is 7. The first kappa shape index (κ1) is 46.7. The van der Waals surface area contributed by atoms with E-state index in [2.05, 4.69) is 10.6 Å². The lowest BCUT2D eigenvalue weighted by atomic mass is 9.97. The van der Waals surface area contributed by atoms with Gasteiger partial charge in [0.25, 0.3) is 21.9 Å². The molecule has 57 heavy (non-hydrogen) atoms. The number of benzene rings is 1. The molecule has 318 valence electrons. The van der Waals surface area contributed by atoms with E-state index in [1.807, 2.05) is 0 Å². The second kappa shape index (κ2) is 21.2. The van der Waals surface area contributed by atoms with Crippen molar-refractivity contribution in [3.63, 3.8) is 0 Å². The molecule has 2 aliphatic heterocycles. The van der Waals surface area contributed by atoms with Gasteiger partial charge < -0.3 is 54.7 Å². The number of carboxylic acids is 1. The number of aliphatic hydroxyl groups excluding tert-OH is 3. The number of hydrogen-bond acceptors (Lipinski definition) is 16. The number of carbonyl (C=O) groups excluding carboxylic acids is 5. The van der Waals surface area contributed by atoms with Crippen molar-refractivity contribution in [1.29, 1.82) is 0 Å². The fourth-order valence-electron chi connectivity index (χ4n) is 5.22. The molecule has 1 saturated heterocycles. The highest BCUT2D eigenvalue weighted by Gasteiger charge is 2.48. The van der Waals surface area contributed by atoms with Crippen LogP contribution in [0.5, 0.6) is 11.5 Å². The summed E-state index contributed by atoms with van der Waals surface area (Å²) in [6.45, 7) is 4.49. The summed E-state index contributed by atoms with van der Waals surface area (Å²) in [4.78, 5) is 73.3. The molecular formula is C35H49N3O18S. The second-order valence-electron chi connectivity index (χ2n) is 14.0. The first-order chi connectivity index (χ1) is 26.7. The molecule has 0 aromatic heterocycles. The Morgan fingerprint density at radius 3 is 2.26 bits per heavy atom. The van der Waals surface area contributed by atoms with Gasteiger partial charge in [-0.3, -0.25) is 33.4 Å². The summed E-state index contributed by atoms with van der Waals surface area (Å²) in [5, 5.41) is 44.7. The van der Waals surface area contributed by atoms with Gasteiger partial charge in [0.05, 0.1) is 18.6 Å². The van der Waals surface area contributed by atoms with Crippen LogP contribution in [0, 0.1) is 5.41 Å². The van der Waals surface area contributed by atoms with E-state index < -0.39 is 93.6 Å². The number of rotatable bonds is 22. The van der Waals surface area contributed by atoms with Crippen LogP contribution in [0.2, 0.25) is 0 Å². The predicted molar refractivity (Wildman–Crippen MR) is 193 cm³/mol. The minimum Gasteiger partial charge on any atom is -0.491 e. The van der Waals surface area contributed by atoms with Crippen LogP contribution in [-0.2, 0) is 59.7 Å². The monoisotopic (exact) mass is 831 g/mol. The van der Waals surface area contributed by atoms with Crippen molar-refractivity contribution in [3.05, 3.63) is 35.9 Å². The number of imide groups is 1. The Bertz CT molecular complexity index is 1730. The summed E-state index contributed by atoms with van der Waals surface area (Å²) < 4.78 is 59.8. The number of nitrogens with one attached hydrogen (secondary N) is 2. The van der Waals surface area contributed by atoms with E-state index in [1.165, 1.54) is 18.2 Å². The molecule has 1 aromatic rings. The molecule has 22 heteroatoms. The van der Waals surface area contributed by atoms with Gasteiger partial charge in [-0.25, -0.2) is 4.79 Å². The molecule has 4 amide bonds. The third-order valence-electron chi connectivity index (χ3n) is 8.32. The number of carbonyl (C=O) groups is 6. The van der Waals surface area contributed by atoms with Crippen molar-refractivity contribution in [2.45, 2.75) is 89.8 Å². The smallest absolute Gasteiger partial charge is 0.335 e. The fourth-order valence-corrected chi connectivity index (χ4v) is 5.88. The molecule has 0 aliphatic carbocycles. The quantitative estimate of drug-likeness (QED) is 0.0300. The van der Waals surface area contributed by atoms with Crippen LogP contribution in [0.15, 0.2) is 30.4 Å². The molecule has 0 radical (unpaired) electrons. The number of aliphatic hydroxyl groups is 3. The normalized spacial score (nSPS) is 21.5. The van der Waals surface area contributed by atoms with Crippen molar-refractivity contribution in [2.75, 3.05) is 38.7 Å². The summed E-state index contributed by atoms with van der Waals surface area (Å²) in [6.07, 6.45) is -6.02. The SMILES string of the molecule is CC(C)(C)C(=O)OCc1ccc(OCCOCCNC(=O)C(CS(=O)(=O)O)NC(=O)CCCCCN2C(=O)C=CC2=O)cc1O[C@@H]1O[C@H](C(=O)O)[C@@H](O)[C@H](O)[C@H]1O. The van der Waals surface area contributed by atoms with Crippen molar-refractivity contribution in [2.24, 2.45) is 5.41 Å². The molecule has 3 rings (SSSR count). The Labute approximate surface area is 328 Å². The Morgan fingerprint density at radius 1 is 0.947 bits per heavy atom. The highest BCUT2D eigenvalue weighted by atomic mass is 32.2. The van der Waals surface area contributed by atoms with Gasteiger partial charge in [-0.15, -0.1) is 0 Å². The van der Waals surface area contributed by atoms with E-state index in [-0.39, 0.29) is 63.0 Å². The van der Waals surface area contributed by atoms with Crippen LogP contribution in [0.3, 0.4) is 0 Å². The number of nitrogens with zero attached hydrogens (tertiary/aromatic N) is 1. The minimum absolute atomic E-state index is 0.0341. The largest absolute Gasteiger partial charge is 0.491 e. The number of carboxylic acid groups (broad SMARTS) is 1. The van der Waals surface area contributed by atoms with Crippen LogP contribution in [0.4, 0.5) is 0 Å². The van der Waals surface area contributed by atoms with Crippen molar-refractivity contribution >= 4 is 45.7 Å². The molecule has 7 N–H and O–H groups in total. The lowest BCUT2D eigenvalue weighted by Crippen LogP contribution is -2.61. The Hall–Kier alpha value is -4.71. The molecule has 2 aliphatic rings. The molecule has 2 heterocycles. The molecule has 0 spiro atoms. The molecular weight excluding hydrogens is 782 g/mol. The predicted octanol–water partition coefficient (Wildman–Crippen LogP) is -1.58. The van der Waals surface area contributed by atoms with Crippen LogP contribution in [0.1, 0.15) is 52.0 Å². The van der Waals surface area contributed by atoms with Crippen molar-refractivity contribution in [1.82, 2.24) is 15.5 Å². The topological polar surface area (TPSA) is 311 Å². The summed E-state index contributed by atoms with van der Waals surface area (Å²) in [6, 6.07) is 2.67. The molecule has 1 unspecified atom stereocenters. The van der Waals surface area contributed by atoms with E-state index in [0.717, 1.165) is 17.1 Å². The van der Waals surface area contributed by atoms with E-state index >= 15 is 0 Å². The Morgan fingerprint density at radius 2 is 1.63 bits per heavy atom. The van der Waals surface area contributed by atoms with Gasteiger partial charge >= 0.3 is 11.9 Å². The average Bonchev–Trinajstić information content (AvgIpc) is 3.44. The van der Waals surface area contributed by atoms with Crippen LogP contribution < -0.4 is 20.1 Å². The van der Waals surface area contributed by atoms with Gasteiger partial charge in [0.15, 0.2) is 6.10 Å². The minimum atomic E-state index is -4.67. The lowest BCUT2D eigenvalue weighted by Gasteiger charge is -2.38. The lowest BCUT2D eigenvalue weighted by molar-refractivity contribution is -0.271. The number of esters is 1. The summed E-state index contributed by atoms with van der Waals surface area (Å²) in [5.74, 6) is -5.54. The Kier molecular flexibility index (Phi) is 17.3. The van der Waals surface area contributed by atoms with Crippen molar-refractivity contribution in [3.8, 4) is 11.5 Å². The summed E-state index contributed by atoms with van der Waals surface area (Å²) in [5.41, 5.74) is -0.591. The summed E-state index contributed by atoms with van der Waals surface area (Å²) >= 11 is 0.